The molecule has 2 aromatic rings. The summed E-state index contributed by atoms with van der Waals surface area (Å²) in [4.78, 5) is 24.0. The number of halogens is 4. The number of ether oxygens (including phenoxy) is 2. The van der Waals surface area contributed by atoms with Gasteiger partial charge in [0.15, 0.2) is 6.10 Å². The Bertz CT molecular complexity index is 874. The first-order chi connectivity index (χ1) is 13.8. The van der Waals surface area contributed by atoms with E-state index < -0.39 is 42.3 Å². The van der Waals surface area contributed by atoms with Gasteiger partial charge >= 0.3 is 12.3 Å². The van der Waals surface area contributed by atoms with Crippen LogP contribution in [-0.2, 0) is 26.4 Å². The fourth-order valence-corrected chi connectivity index (χ4v) is 3.37. The number of amides is 1. The van der Waals surface area contributed by atoms with Gasteiger partial charge in [-0.05, 0) is 11.6 Å². The second-order valence-electron chi connectivity index (χ2n) is 6.57. The van der Waals surface area contributed by atoms with E-state index >= 15 is 0 Å². The van der Waals surface area contributed by atoms with Crippen LogP contribution < -0.4 is 5.32 Å². The van der Waals surface area contributed by atoms with E-state index in [1.54, 1.807) is 30.3 Å². The van der Waals surface area contributed by atoms with Crippen molar-refractivity contribution >= 4 is 12.4 Å². The highest BCUT2D eigenvalue weighted by Gasteiger charge is 2.61. The number of hydrogen-bond donors (Lipinski definition) is 1. The van der Waals surface area contributed by atoms with Gasteiger partial charge in [-0.15, -0.1) is 0 Å². The number of nitrogens with one attached hydrogen (secondary N) is 1. The Morgan fingerprint density at radius 3 is 2.45 bits per heavy atom. The van der Waals surface area contributed by atoms with Crippen molar-refractivity contribution in [1.82, 2.24) is 5.32 Å². The average Bonchev–Trinajstić information content (AvgIpc) is 3.07. The zero-order chi connectivity index (χ0) is 21.1. The predicted molar refractivity (Wildman–Crippen MR) is 93.2 cm³/mol. The Morgan fingerprint density at radius 2 is 1.83 bits per heavy atom. The van der Waals surface area contributed by atoms with Gasteiger partial charge in [0, 0.05) is 5.56 Å². The largest absolute Gasteiger partial charge is 0.445 e. The van der Waals surface area contributed by atoms with Gasteiger partial charge in [0.05, 0.1) is 12.5 Å². The predicted octanol–water partition coefficient (Wildman–Crippen LogP) is 3.72. The maximum atomic E-state index is 14.5. The molecule has 0 aliphatic carbocycles. The van der Waals surface area contributed by atoms with Crippen LogP contribution in [-0.4, -0.2) is 31.3 Å². The zero-order valence-electron chi connectivity index (χ0n) is 15.0. The molecule has 154 valence electrons. The second-order valence-corrected chi connectivity index (χ2v) is 6.57. The molecule has 1 heterocycles. The summed E-state index contributed by atoms with van der Waals surface area (Å²) in [5.41, 5.74) is -1.72. The Hall–Kier alpha value is -2.94. The van der Waals surface area contributed by atoms with Gasteiger partial charge < -0.3 is 19.6 Å². The summed E-state index contributed by atoms with van der Waals surface area (Å²) >= 11 is 0. The molecular weight excluding hydrogens is 394 g/mol. The van der Waals surface area contributed by atoms with Gasteiger partial charge in [-0.1, -0.05) is 48.5 Å². The molecule has 0 bridgehead atoms. The van der Waals surface area contributed by atoms with Gasteiger partial charge in [0.2, 0.25) is 0 Å². The lowest BCUT2D eigenvalue weighted by molar-refractivity contribution is -0.215. The summed E-state index contributed by atoms with van der Waals surface area (Å²) in [6.07, 6.45) is -8.45. The van der Waals surface area contributed by atoms with Crippen LogP contribution in [0.3, 0.4) is 0 Å². The molecule has 3 atom stereocenters. The Morgan fingerprint density at radius 1 is 1.17 bits per heavy atom. The lowest BCUT2D eigenvalue weighted by atomic mass is 9.78. The van der Waals surface area contributed by atoms with E-state index in [0.717, 1.165) is 6.07 Å². The highest BCUT2D eigenvalue weighted by Crippen LogP contribution is 2.45. The van der Waals surface area contributed by atoms with E-state index in [1.165, 1.54) is 18.2 Å². The van der Waals surface area contributed by atoms with E-state index in [1.807, 2.05) is 0 Å². The number of aldehydes is 1. The standard InChI is InChI=1S/C20H17F4NO4/c21-16-9-5-4-8-14(16)19(12-29-17(15(19)10-26)20(22,23)24)25-18(27)28-11-13-6-2-1-3-7-13/h1-10,15,17H,11-12H2,(H,25,27)/t15-,17?,19-/m1/s1. The smallest absolute Gasteiger partial charge is 0.415 e. The third-order valence-corrected chi connectivity index (χ3v) is 4.75. The summed E-state index contributed by atoms with van der Waals surface area (Å²) < 4.78 is 64.4. The Kier molecular flexibility index (Phi) is 5.88. The van der Waals surface area contributed by atoms with E-state index in [0.29, 0.717) is 5.56 Å². The Labute approximate surface area is 163 Å². The molecule has 1 aliphatic heterocycles. The van der Waals surface area contributed by atoms with Crippen molar-refractivity contribution in [2.75, 3.05) is 6.61 Å². The maximum absolute atomic E-state index is 14.5. The van der Waals surface area contributed by atoms with Crippen LogP contribution in [0.4, 0.5) is 22.4 Å². The second kappa shape index (κ2) is 8.20. The molecule has 1 fully saturated rings. The number of benzene rings is 2. The van der Waals surface area contributed by atoms with Gasteiger partial charge in [-0.25, -0.2) is 9.18 Å². The van der Waals surface area contributed by atoms with Crippen molar-refractivity contribution in [3.8, 4) is 0 Å². The van der Waals surface area contributed by atoms with Gasteiger partial charge in [-0.2, -0.15) is 13.2 Å². The first kappa shape index (κ1) is 20.8. The number of carbonyl (C=O) groups excluding carboxylic acids is 2. The maximum Gasteiger partial charge on any atom is 0.415 e. The van der Waals surface area contributed by atoms with E-state index in [9.17, 15) is 27.2 Å². The molecule has 1 aliphatic rings. The van der Waals surface area contributed by atoms with Crippen LogP contribution in [0.1, 0.15) is 11.1 Å². The molecular formula is C20H17F4NO4. The van der Waals surface area contributed by atoms with Crippen molar-refractivity contribution in [3.63, 3.8) is 0 Å². The first-order valence-electron chi connectivity index (χ1n) is 8.65. The summed E-state index contributed by atoms with van der Waals surface area (Å²) in [6.45, 7) is -0.905. The number of carbonyl (C=O) groups is 2. The molecule has 2 aromatic carbocycles. The number of rotatable bonds is 5. The molecule has 1 amide bonds. The molecule has 1 unspecified atom stereocenters. The quantitative estimate of drug-likeness (QED) is 0.602. The lowest BCUT2D eigenvalue weighted by Gasteiger charge is -2.34. The molecule has 1 N–H and O–H groups in total. The highest BCUT2D eigenvalue weighted by molar-refractivity contribution is 5.71. The first-order valence-corrected chi connectivity index (χ1v) is 8.65. The molecule has 3 rings (SSSR count). The molecule has 0 saturated carbocycles. The van der Waals surface area contributed by atoms with Crippen LogP contribution in [0.25, 0.3) is 0 Å². The number of hydrogen-bond acceptors (Lipinski definition) is 4. The third kappa shape index (κ3) is 4.24. The molecule has 9 heteroatoms. The van der Waals surface area contributed by atoms with E-state index in [2.05, 4.69) is 5.32 Å². The fraction of sp³-hybridized carbons (Fsp3) is 0.300. The summed E-state index contributed by atoms with van der Waals surface area (Å²) in [7, 11) is 0. The van der Waals surface area contributed by atoms with Crippen LogP contribution in [0, 0.1) is 11.7 Å². The van der Waals surface area contributed by atoms with Crippen LogP contribution in [0.2, 0.25) is 0 Å². The van der Waals surface area contributed by atoms with Crippen LogP contribution in [0.5, 0.6) is 0 Å². The Balaban J connectivity index is 1.91. The van der Waals surface area contributed by atoms with Crippen molar-refractivity contribution < 1.29 is 36.6 Å². The summed E-state index contributed by atoms with van der Waals surface area (Å²) in [6, 6.07) is 13.5. The fourth-order valence-electron chi connectivity index (χ4n) is 3.37. The number of alkyl carbamates (subject to hydrolysis) is 1. The van der Waals surface area contributed by atoms with Gasteiger partial charge in [0.25, 0.3) is 0 Å². The number of alkyl halides is 3. The average molecular weight is 411 g/mol. The van der Waals surface area contributed by atoms with Crippen molar-refractivity contribution in [1.29, 1.82) is 0 Å². The van der Waals surface area contributed by atoms with Crippen molar-refractivity contribution in [2.24, 2.45) is 5.92 Å². The van der Waals surface area contributed by atoms with Gasteiger partial charge in [0.1, 0.15) is 24.2 Å². The zero-order valence-corrected chi connectivity index (χ0v) is 15.0. The lowest BCUT2D eigenvalue weighted by Crippen LogP contribution is -2.54. The molecule has 0 radical (unpaired) electrons. The van der Waals surface area contributed by atoms with Crippen molar-refractivity contribution in [2.45, 2.75) is 24.4 Å². The highest BCUT2D eigenvalue weighted by atomic mass is 19.4. The monoisotopic (exact) mass is 411 g/mol. The molecule has 0 spiro atoms. The SMILES string of the molecule is O=C[C@@H]1C(C(F)(F)F)OC[C@@]1(NC(=O)OCc1ccccc1)c1ccccc1F. The van der Waals surface area contributed by atoms with E-state index in [4.69, 9.17) is 9.47 Å². The topological polar surface area (TPSA) is 64.6 Å². The molecule has 0 aromatic heterocycles. The minimum absolute atomic E-state index is 0.0229. The molecule has 29 heavy (non-hydrogen) atoms. The van der Waals surface area contributed by atoms with Gasteiger partial charge in [-0.3, -0.25) is 0 Å². The van der Waals surface area contributed by atoms with Crippen LogP contribution >= 0.6 is 0 Å². The van der Waals surface area contributed by atoms with E-state index in [-0.39, 0.29) is 18.5 Å². The molecule has 1 saturated heterocycles. The van der Waals surface area contributed by atoms with Crippen molar-refractivity contribution in [3.05, 3.63) is 71.5 Å². The molecule has 5 nitrogen and oxygen atoms in total. The van der Waals surface area contributed by atoms with Crippen LogP contribution in [0.15, 0.2) is 54.6 Å². The third-order valence-electron chi connectivity index (χ3n) is 4.75. The minimum atomic E-state index is -4.88. The minimum Gasteiger partial charge on any atom is -0.445 e. The normalized spacial score (nSPS) is 24.1. The summed E-state index contributed by atoms with van der Waals surface area (Å²) in [5.74, 6) is -2.78. The summed E-state index contributed by atoms with van der Waals surface area (Å²) in [5, 5.41) is 2.27.